The molecule has 0 aliphatic heterocycles. The number of thioether (sulfide) groups is 1. The summed E-state index contributed by atoms with van der Waals surface area (Å²) < 4.78 is 0. The molecule has 2 aromatic carbocycles. The fourth-order valence-corrected chi connectivity index (χ4v) is 4.03. The van der Waals surface area contributed by atoms with Crippen molar-refractivity contribution in [1.29, 1.82) is 0 Å². The summed E-state index contributed by atoms with van der Waals surface area (Å²) in [5.41, 5.74) is 4.93. The number of carboxylic acid groups (broad SMARTS) is 1. The van der Waals surface area contributed by atoms with E-state index in [1.807, 2.05) is 85.9 Å². The maximum absolute atomic E-state index is 13.1. The zero-order valence-electron chi connectivity index (χ0n) is 20.5. The molecule has 1 amide bonds. The van der Waals surface area contributed by atoms with E-state index in [-0.39, 0.29) is 29.6 Å². The number of anilines is 1. The third kappa shape index (κ3) is 7.97. The minimum absolute atomic E-state index is 0. The largest absolute Gasteiger partial charge is 1.00 e. The van der Waals surface area contributed by atoms with E-state index >= 15 is 0 Å². The fourth-order valence-electron chi connectivity index (χ4n) is 3.56. The molecule has 0 aliphatic rings. The maximum atomic E-state index is 13.1. The van der Waals surface area contributed by atoms with Crippen LogP contribution in [0.5, 0.6) is 0 Å². The van der Waals surface area contributed by atoms with Crippen molar-refractivity contribution in [2.24, 2.45) is 0 Å². The van der Waals surface area contributed by atoms with Gasteiger partial charge in [-0.05, 0) is 53.3 Å². The summed E-state index contributed by atoms with van der Waals surface area (Å²) in [5, 5.41) is 14.2. The standard InChI is InChI=1S/C27H29N3O3S.Na/c1-30(2)25-13-15-28-18-21(25)11-9-19-10-12-22(23(17-19)20-7-5-4-6-8-20)26(31)29-24(27(32)33)14-16-34-3;/h4-13,15,17-18,24H,14,16H2,1-3H3,(H,29,31)(H,32,33);/q;+1/p-1/t24-;/m0./s1. The number of hydrogen-bond acceptors (Lipinski definition) is 6. The molecule has 0 saturated carbocycles. The van der Waals surface area contributed by atoms with Gasteiger partial charge in [-0.1, -0.05) is 48.6 Å². The van der Waals surface area contributed by atoms with Gasteiger partial charge in [0.15, 0.2) is 0 Å². The van der Waals surface area contributed by atoms with Crippen molar-refractivity contribution < 1.29 is 44.3 Å². The molecule has 0 fully saturated rings. The van der Waals surface area contributed by atoms with Gasteiger partial charge >= 0.3 is 29.6 Å². The third-order valence-electron chi connectivity index (χ3n) is 5.34. The molecular formula is C27H28N3NaO3S. The minimum atomic E-state index is -1.28. The van der Waals surface area contributed by atoms with Gasteiger partial charge in [0, 0.05) is 43.3 Å². The summed E-state index contributed by atoms with van der Waals surface area (Å²) in [7, 11) is 3.96. The summed E-state index contributed by atoms with van der Waals surface area (Å²) in [6.45, 7) is 0. The van der Waals surface area contributed by atoms with Crippen molar-refractivity contribution in [3.63, 3.8) is 0 Å². The second kappa shape index (κ2) is 14.1. The Labute approximate surface area is 233 Å². The summed E-state index contributed by atoms with van der Waals surface area (Å²) in [6.07, 6.45) is 9.71. The number of carbonyl (C=O) groups excluding carboxylic acids is 2. The number of carboxylic acids is 1. The zero-order valence-corrected chi connectivity index (χ0v) is 23.3. The van der Waals surface area contributed by atoms with Crippen LogP contribution in [-0.4, -0.2) is 49.0 Å². The van der Waals surface area contributed by atoms with Gasteiger partial charge in [-0.15, -0.1) is 0 Å². The van der Waals surface area contributed by atoms with Crippen molar-refractivity contribution in [2.75, 3.05) is 31.0 Å². The molecular weight excluding hydrogens is 469 g/mol. The number of carbonyl (C=O) groups is 2. The zero-order chi connectivity index (χ0) is 24.5. The van der Waals surface area contributed by atoms with Crippen LogP contribution in [0.3, 0.4) is 0 Å². The quantitative estimate of drug-likeness (QED) is 0.413. The van der Waals surface area contributed by atoms with E-state index in [4.69, 9.17) is 0 Å². The van der Waals surface area contributed by atoms with Crippen LogP contribution in [0.2, 0.25) is 0 Å². The summed E-state index contributed by atoms with van der Waals surface area (Å²) in [5.74, 6) is -1.11. The average molecular weight is 498 g/mol. The molecule has 0 bridgehead atoms. The van der Waals surface area contributed by atoms with Gasteiger partial charge in [0.25, 0.3) is 5.91 Å². The van der Waals surface area contributed by atoms with Gasteiger partial charge < -0.3 is 20.1 Å². The number of aromatic nitrogens is 1. The summed E-state index contributed by atoms with van der Waals surface area (Å²) >= 11 is 1.52. The molecule has 0 saturated heterocycles. The Hall–Kier alpha value is -2.58. The number of nitrogens with zero attached hydrogens (tertiary/aromatic N) is 2. The van der Waals surface area contributed by atoms with Gasteiger partial charge in [0.05, 0.1) is 12.0 Å². The molecule has 0 spiro atoms. The molecule has 3 rings (SSSR count). The first kappa shape index (κ1) is 28.7. The van der Waals surface area contributed by atoms with Crippen molar-refractivity contribution in [3.05, 3.63) is 83.7 Å². The monoisotopic (exact) mass is 497 g/mol. The van der Waals surface area contributed by atoms with E-state index in [0.717, 1.165) is 27.9 Å². The van der Waals surface area contributed by atoms with E-state index in [1.165, 1.54) is 11.8 Å². The van der Waals surface area contributed by atoms with Crippen LogP contribution in [0.15, 0.2) is 67.0 Å². The maximum Gasteiger partial charge on any atom is 1.00 e. The molecule has 1 N–H and O–H groups in total. The molecule has 1 aromatic heterocycles. The van der Waals surface area contributed by atoms with Crippen LogP contribution in [0.4, 0.5) is 5.69 Å². The number of benzene rings is 2. The normalized spacial score (nSPS) is 11.5. The van der Waals surface area contributed by atoms with Gasteiger partial charge in [0.1, 0.15) is 0 Å². The van der Waals surface area contributed by atoms with Gasteiger partial charge in [-0.3, -0.25) is 9.78 Å². The molecule has 1 heterocycles. The smallest absolute Gasteiger partial charge is 0.548 e. The predicted octanol–water partition coefficient (Wildman–Crippen LogP) is 0.590. The van der Waals surface area contributed by atoms with Crippen LogP contribution >= 0.6 is 11.8 Å². The number of nitrogens with one attached hydrogen (secondary N) is 1. The number of hydrogen-bond donors (Lipinski definition) is 1. The first-order chi connectivity index (χ1) is 16.4. The molecule has 3 aromatic rings. The van der Waals surface area contributed by atoms with Crippen molar-refractivity contribution >= 4 is 41.5 Å². The topological polar surface area (TPSA) is 85.4 Å². The summed E-state index contributed by atoms with van der Waals surface area (Å²) in [4.78, 5) is 30.9. The first-order valence-corrected chi connectivity index (χ1v) is 12.3. The Morgan fingerprint density at radius 2 is 1.86 bits per heavy atom. The van der Waals surface area contributed by atoms with Crippen LogP contribution in [0, 0.1) is 0 Å². The molecule has 0 unspecified atom stereocenters. The second-order valence-electron chi connectivity index (χ2n) is 7.96. The molecule has 35 heavy (non-hydrogen) atoms. The van der Waals surface area contributed by atoms with Crippen LogP contribution in [-0.2, 0) is 4.79 Å². The Morgan fingerprint density at radius 1 is 1.11 bits per heavy atom. The first-order valence-electron chi connectivity index (χ1n) is 10.9. The molecule has 6 nitrogen and oxygen atoms in total. The minimum Gasteiger partial charge on any atom is -0.548 e. The number of aliphatic carboxylic acids is 1. The Balaban J connectivity index is 0.00000432. The van der Waals surface area contributed by atoms with Crippen molar-refractivity contribution in [2.45, 2.75) is 12.5 Å². The Bertz CT molecular complexity index is 1170. The predicted molar refractivity (Wildman–Crippen MR) is 139 cm³/mol. The third-order valence-corrected chi connectivity index (χ3v) is 5.98. The molecule has 176 valence electrons. The van der Waals surface area contributed by atoms with Crippen molar-refractivity contribution in [3.8, 4) is 11.1 Å². The van der Waals surface area contributed by atoms with Gasteiger partial charge in [0.2, 0.25) is 0 Å². The Morgan fingerprint density at radius 3 is 2.51 bits per heavy atom. The van der Waals surface area contributed by atoms with E-state index in [0.29, 0.717) is 17.7 Å². The second-order valence-corrected chi connectivity index (χ2v) is 8.95. The number of amides is 1. The van der Waals surface area contributed by atoms with Crippen LogP contribution in [0.25, 0.3) is 23.3 Å². The molecule has 0 aliphatic carbocycles. The van der Waals surface area contributed by atoms with E-state index in [2.05, 4.69) is 10.3 Å². The van der Waals surface area contributed by atoms with Crippen molar-refractivity contribution in [1.82, 2.24) is 10.3 Å². The molecule has 0 radical (unpaired) electrons. The van der Waals surface area contributed by atoms with E-state index < -0.39 is 17.9 Å². The van der Waals surface area contributed by atoms with Gasteiger partial charge in [-0.25, -0.2) is 0 Å². The number of rotatable bonds is 10. The SMILES string of the molecule is CSCC[C@H](NC(=O)c1ccc(C=Cc2cnccc2N(C)C)cc1-c1ccccc1)C(=O)[O-].[Na+]. The molecule has 1 atom stereocenters. The fraction of sp³-hybridized carbons (Fsp3) is 0.222. The van der Waals surface area contributed by atoms with Gasteiger partial charge in [-0.2, -0.15) is 11.8 Å². The van der Waals surface area contributed by atoms with Crippen LogP contribution < -0.4 is 44.9 Å². The van der Waals surface area contributed by atoms with E-state index in [1.54, 1.807) is 18.5 Å². The molecule has 8 heteroatoms. The Kier molecular flexibility index (Phi) is 11.5. The van der Waals surface area contributed by atoms with E-state index in [9.17, 15) is 14.7 Å². The van der Waals surface area contributed by atoms with Crippen LogP contribution in [0.1, 0.15) is 27.9 Å². The summed E-state index contributed by atoms with van der Waals surface area (Å²) in [6, 6.07) is 16.0. The number of pyridine rings is 1. The average Bonchev–Trinajstić information content (AvgIpc) is 2.85.